The van der Waals surface area contributed by atoms with Crippen LogP contribution in [-0.2, 0) is 6.18 Å². The predicted molar refractivity (Wildman–Crippen MR) is 172 cm³/mol. The quantitative estimate of drug-likeness (QED) is 0.283. The number of nitrogens with zero attached hydrogens (tertiary/aromatic N) is 5. The Labute approximate surface area is 278 Å². The highest BCUT2D eigenvalue weighted by atomic mass is 35.5. The van der Waals surface area contributed by atoms with E-state index in [-0.39, 0.29) is 82.2 Å². The van der Waals surface area contributed by atoms with Crippen molar-refractivity contribution in [3.8, 4) is 17.3 Å². The average Bonchev–Trinajstić information content (AvgIpc) is 3.32. The van der Waals surface area contributed by atoms with Crippen LogP contribution < -0.4 is 20.7 Å². The number of hydrogen-bond donors (Lipinski definition) is 2. The van der Waals surface area contributed by atoms with E-state index in [1.165, 1.54) is 6.92 Å². The molecule has 15 heteroatoms. The average molecular weight is 694 g/mol. The third kappa shape index (κ3) is 5.27. The number of nitrogens with two attached hydrogens (primary N) is 1. The third-order valence-corrected chi connectivity index (χ3v) is 10.6. The number of piperidine rings is 1. The summed E-state index contributed by atoms with van der Waals surface area (Å²) in [5, 5.41) is 3.49. The van der Waals surface area contributed by atoms with Crippen molar-refractivity contribution in [3.05, 3.63) is 51.8 Å². The Morgan fingerprint density at radius 2 is 1.96 bits per heavy atom. The Hall–Kier alpha value is -3.62. The molecule has 1 aromatic carbocycles. The lowest BCUT2D eigenvalue weighted by molar-refractivity contribution is -0.137. The minimum Gasteiger partial charge on any atom is -0.462 e. The van der Waals surface area contributed by atoms with E-state index in [0.29, 0.717) is 30.9 Å². The van der Waals surface area contributed by atoms with Gasteiger partial charge in [-0.2, -0.15) is 31.9 Å². The molecule has 3 N–H and O–H groups in total. The number of hydrogen-bond acceptors (Lipinski definition) is 8. The lowest BCUT2D eigenvalue weighted by Crippen LogP contribution is -2.58. The van der Waals surface area contributed by atoms with Gasteiger partial charge in [0.05, 0.1) is 27.2 Å². The highest BCUT2D eigenvalue weighted by Gasteiger charge is 2.46. The van der Waals surface area contributed by atoms with E-state index in [0.717, 1.165) is 18.9 Å². The first-order valence-electron chi connectivity index (χ1n) is 15.7. The summed E-state index contributed by atoms with van der Waals surface area (Å²) in [7, 11) is 1.82. The molecular weight excluding hydrogens is 660 g/mol. The van der Waals surface area contributed by atoms with Crippen molar-refractivity contribution in [1.82, 2.24) is 25.2 Å². The minimum absolute atomic E-state index is 0.0410. The lowest BCUT2D eigenvalue weighted by Gasteiger charge is -2.41. The number of halogens is 7. The van der Waals surface area contributed by atoms with Gasteiger partial charge in [-0.1, -0.05) is 25.1 Å². The van der Waals surface area contributed by atoms with Crippen LogP contribution in [0.5, 0.6) is 6.01 Å². The van der Waals surface area contributed by atoms with Gasteiger partial charge in [0.2, 0.25) is 0 Å². The molecule has 4 aliphatic rings. The monoisotopic (exact) mass is 693 g/mol. The van der Waals surface area contributed by atoms with Crippen molar-refractivity contribution < 1.29 is 31.1 Å². The van der Waals surface area contributed by atoms with Crippen molar-refractivity contribution in [2.24, 2.45) is 5.41 Å². The molecule has 0 amide bonds. The molecule has 3 fully saturated rings. The van der Waals surface area contributed by atoms with Gasteiger partial charge in [-0.3, -0.25) is 0 Å². The van der Waals surface area contributed by atoms with Crippen LogP contribution in [0.4, 0.5) is 38.0 Å². The van der Waals surface area contributed by atoms with Crippen LogP contribution in [0.25, 0.3) is 27.7 Å². The number of pyridine rings is 1. The number of piperazine rings is 1. The lowest BCUT2D eigenvalue weighted by atomic mass is 9.78. The number of fused-ring (bicyclic) bond motifs is 5. The van der Waals surface area contributed by atoms with Gasteiger partial charge in [-0.05, 0) is 56.9 Å². The minimum atomic E-state index is -4.92. The molecule has 0 spiro atoms. The molecule has 7 rings (SSSR count). The van der Waals surface area contributed by atoms with Gasteiger partial charge in [0.15, 0.2) is 5.82 Å². The van der Waals surface area contributed by atoms with E-state index in [1.54, 1.807) is 6.92 Å². The van der Waals surface area contributed by atoms with Gasteiger partial charge < -0.3 is 25.6 Å². The molecular formula is C33H34ClF6N7O. The molecule has 0 radical (unpaired) electrons. The number of ether oxygens (including phenoxy) is 1. The van der Waals surface area contributed by atoms with E-state index in [9.17, 15) is 22.0 Å². The van der Waals surface area contributed by atoms with E-state index in [4.69, 9.17) is 27.1 Å². The van der Waals surface area contributed by atoms with Crippen molar-refractivity contribution in [2.75, 3.05) is 43.9 Å². The second-order valence-corrected chi connectivity index (χ2v) is 14.0. The van der Waals surface area contributed by atoms with Crippen LogP contribution in [0, 0.1) is 18.2 Å². The van der Waals surface area contributed by atoms with Gasteiger partial charge >= 0.3 is 12.2 Å². The van der Waals surface area contributed by atoms with E-state index >= 15 is 4.39 Å². The number of anilines is 2. The standard InChI is InChI=1S/C33H34ClF6N7O/c1-14-9-19-18-6-5-16(42-18)11-47(19)30-22-21(14)25(34)23(27-24(33(38,39)40)15(2)10-20(41)43-27)26(35)28(22)44-31(45-30)48-13-32(3)12-46(4)8-7-17(32)29(36)37/h10,16,18-19,42H,1,5-9,11-13H2,2-4H3,(H2,41,43)/t16-,18+,19+,32?/m1/s1. The molecule has 3 saturated heterocycles. The number of aromatic nitrogens is 3. The second-order valence-electron chi connectivity index (χ2n) is 13.7. The fraction of sp³-hybridized carbons (Fsp3) is 0.485. The highest BCUT2D eigenvalue weighted by molar-refractivity contribution is 6.37. The first-order chi connectivity index (χ1) is 22.6. The topological polar surface area (TPSA) is 92.4 Å². The third-order valence-electron chi connectivity index (χ3n) is 10.2. The van der Waals surface area contributed by atoms with Crippen LogP contribution in [0.2, 0.25) is 5.02 Å². The van der Waals surface area contributed by atoms with Crippen molar-refractivity contribution in [3.63, 3.8) is 0 Å². The number of alkyl halides is 3. The molecule has 3 aromatic rings. The van der Waals surface area contributed by atoms with Gasteiger partial charge in [0.1, 0.15) is 23.8 Å². The first kappa shape index (κ1) is 32.9. The summed E-state index contributed by atoms with van der Waals surface area (Å²) in [6, 6.07) is 0.745. The SMILES string of the molecule is C=C1C[C@H]2[C@@H]3CC[C@H](CN2c2nc(OCC4(C)CN(C)CCC4=C(F)F)nc4c(F)c(-c5nc(N)cc(C)c5C(F)(F)F)c(Cl)c1c24)N3. The highest BCUT2D eigenvalue weighted by Crippen LogP contribution is 2.51. The number of aryl methyl sites for hydroxylation is 1. The molecule has 256 valence electrons. The summed E-state index contributed by atoms with van der Waals surface area (Å²) in [6.45, 7) is 8.11. The molecule has 0 saturated carbocycles. The van der Waals surface area contributed by atoms with E-state index < -0.39 is 40.3 Å². The summed E-state index contributed by atoms with van der Waals surface area (Å²) in [6.07, 6.45) is -4.41. The van der Waals surface area contributed by atoms with Crippen LogP contribution in [-0.4, -0.2) is 71.3 Å². The van der Waals surface area contributed by atoms with Gasteiger partial charge in [0.25, 0.3) is 6.08 Å². The number of rotatable bonds is 4. The van der Waals surface area contributed by atoms with E-state index in [2.05, 4.69) is 21.9 Å². The van der Waals surface area contributed by atoms with Crippen molar-refractivity contribution in [1.29, 1.82) is 0 Å². The number of nitrogen functional groups attached to an aromatic ring is 1. The first-order valence-corrected chi connectivity index (χ1v) is 16.1. The Morgan fingerprint density at radius 3 is 2.67 bits per heavy atom. The molecule has 4 aliphatic heterocycles. The number of likely N-dealkylation sites (tertiary alicyclic amines) is 1. The zero-order valence-electron chi connectivity index (χ0n) is 26.5. The van der Waals surface area contributed by atoms with Crippen LogP contribution >= 0.6 is 11.6 Å². The Kier molecular flexibility index (Phi) is 7.87. The number of benzene rings is 1. The summed E-state index contributed by atoms with van der Waals surface area (Å²) in [5.41, 5.74) is 2.27. The Balaban J connectivity index is 1.47. The second kappa shape index (κ2) is 11.5. The maximum absolute atomic E-state index is 17.0. The van der Waals surface area contributed by atoms with Crippen LogP contribution in [0.15, 0.2) is 24.3 Å². The van der Waals surface area contributed by atoms with Crippen molar-refractivity contribution >= 4 is 39.7 Å². The summed E-state index contributed by atoms with van der Waals surface area (Å²) >= 11 is 6.93. The van der Waals surface area contributed by atoms with E-state index in [1.807, 2.05) is 16.8 Å². The maximum atomic E-state index is 17.0. The fourth-order valence-electron chi connectivity index (χ4n) is 8.11. The van der Waals surface area contributed by atoms with Gasteiger partial charge in [-0.25, -0.2) is 9.37 Å². The molecule has 1 unspecified atom stereocenters. The molecule has 6 heterocycles. The zero-order valence-corrected chi connectivity index (χ0v) is 27.3. The smallest absolute Gasteiger partial charge is 0.418 e. The predicted octanol–water partition coefficient (Wildman–Crippen LogP) is 6.99. The zero-order chi connectivity index (χ0) is 34.4. The van der Waals surface area contributed by atoms with Crippen molar-refractivity contribution in [2.45, 2.75) is 63.8 Å². The summed E-state index contributed by atoms with van der Waals surface area (Å²) in [5.74, 6) is -1.12. The van der Waals surface area contributed by atoms with Gasteiger partial charge in [0, 0.05) is 54.3 Å². The largest absolute Gasteiger partial charge is 0.462 e. The van der Waals surface area contributed by atoms with Crippen LogP contribution in [0.3, 0.4) is 0 Å². The Bertz CT molecular complexity index is 1900. The molecule has 2 aromatic heterocycles. The molecule has 2 bridgehead atoms. The van der Waals surface area contributed by atoms with Crippen LogP contribution in [0.1, 0.15) is 49.3 Å². The summed E-state index contributed by atoms with van der Waals surface area (Å²) < 4.78 is 94.7. The molecule has 0 aliphatic carbocycles. The molecule has 4 atom stereocenters. The normalized spacial score (nSPS) is 25.8. The fourth-order valence-corrected chi connectivity index (χ4v) is 8.51. The molecule has 8 nitrogen and oxygen atoms in total. The molecule has 48 heavy (non-hydrogen) atoms. The maximum Gasteiger partial charge on any atom is 0.418 e. The number of nitrogens with one attached hydrogen (secondary N) is 1. The Morgan fingerprint density at radius 1 is 1.21 bits per heavy atom. The van der Waals surface area contributed by atoms with Gasteiger partial charge in [-0.15, -0.1) is 0 Å². The summed E-state index contributed by atoms with van der Waals surface area (Å²) in [4.78, 5) is 17.1.